The van der Waals surface area contributed by atoms with Gasteiger partial charge in [0.05, 0.1) is 13.2 Å². The summed E-state index contributed by atoms with van der Waals surface area (Å²) in [6.45, 7) is 4.16. The molecule has 0 saturated carbocycles. The van der Waals surface area contributed by atoms with Crippen LogP contribution in [0.4, 0.5) is 0 Å². The lowest BCUT2D eigenvalue weighted by Gasteiger charge is -2.07. The summed E-state index contributed by atoms with van der Waals surface area (Å²) in [4.78, 5) is 28.2. The van der Waals surface area contributed by atoms with Crippen LogP contribution in [-0.4, -0.2) is 55.5 Å². The van der Waals surface area contributed by atoms with Crippen molar-refractivity contribution < 1.29 is 39.5 Å². The van der Waals surface area contributed by atoms with Crippen LogP contribution in [0.3, 0.4) is 0 Å². The van der Waals surface area contributed by atoms with Gasteiger partial charge in [0.2, 0.25) is 0 Å². The molecular formula is C16H17BrN2O8. The number of carboxylic acids is 2. The van der Waals surface area contributed by atoms with E-state index in [0.717, 1.165) is 0 Å². The Morgan fingerprint density at radius 2 is 1.52 bits per heavy atom. The lowest BCUT2D eigenvalue weighted by Crippen LogP contribution is -2.03. The predicted molar refractivity (Wildman–Crippen MR) is 95.8 cm³/mol. The first-order valence-corrected chi connectivity index (χ1v) is 8.31. The van der Waals surface area contributed by atoms with Crippen molar-refractivity contribution in [2.45, 2.75) is 13.8 Å². The van der Waals surface area contributed by atoms with Crippen LogP contribution in [-0.2, 0) is 0 Å². The SMILES string of the molecule is CCOc1cc(Br)nc(C(=O)O)c1O.CCOc1ccnc(C(=O)O)c1O. The normalized spacial score (nSPS) is 9.74. The molecule has 27 heavy (non-hydrogen) atoms. The van der Waals surface area contributed by atoms with Gasteiger partial charge in [-0.1, -0.05) is 0 Å². The van der Waals surface area contributed by atoms with Gasteiger partial charge in [-0.15, -0.1) is 0 Å². The van der Waals surface area contributed by atoms with Gasteiger partial charge in [0.25, 0.3) is 0 Å². The largest absolute Gasteiger partial charge is 0.503 e. The molecule has 0 saturated heterocycles. The number of hydrogen-bond donors (Lipinski definition) is 4. The molecule has 0 atom stereocenters. The van der Waals surface area contributed by atoms with E-state index in [4.69, 9.17) is 19.7 Å². The number of rotatable bonds is 6. The highest BCUT2D eigenvalue weighted by Gasteiger charge is 2.17. The molecule has 0 aromatic carbocycles. The molecule has 10 nitrogen and oxygen atoms in total. The fourth-order valence-corrected chi connectivity index (χ4v) is 2.15. The molecule has 0 unspecified atom stereocenters. The van der Waals surface area contributed by atoms with E-state index >= 15 is 0 Å². The van der Waals surface area contributed by atoms with Gasteiger partial charge in [-0.05, 0) is 29.8 Å². The average molecular weight is 445 g/mol. The van der Waals surface area contributed by atoms with Gasteiger partial charge in [0.15, 0.2) is 34.4 Å². The van der Waals surface area contributed by atoms with Crippen molar-refractivity contribution in [3.05, 3.63) is 34.3 Å². The molecule has 0 fully saturated rings. The van der Waals surface area contributed by atoms with Gasteiger partial charge in [0.1, 0.15) is 4.60 Å². The van der Waals surface area contributed by atoms with Crippen molar-refractivity contribution in [3.63, 3.8) is 0 Å². The summed E-state index contributed by atoms with van der Waals surface area (Å²) < 4.78 is 10.3. The minimum atomic E-state index is -1.30. The second-order valence-electron chi connectivity index (χ2n) is 4.62. The summed E-state index contributed by atoms with van der Waals surface area (Å²) in [5.41, 5.74) is -0.825. The maximum Gasteiger partial charge on any atom is 0.358 e. The Bertz CT molecular complexity index is 828. The highest BCUT2D eigenvalue weighted by molar-refractivity contribution is 9.10. The van der Waals surface area contributed by atoms with Gasteiger partial charge >= 0.3 is 11.9 Å². The molecule has 2 aromatic rings. The summed E-state index contributed by atoms with van der Waals surface area (Å²) >= 11 is 3.02. The van der Waals surface area contributed by atoms with Crippen molar-refractivity contribution >= 4 is 27.9 Å². The van der Waals surface area contributed by atoms with Crippen LogP contribution in [0.15, 0.2) is 22.9 Å². The first-order valence-electron chi connectivity index (χ1n) is 7.52. The maximum absolute atomic E-state index is 10.6. The molecule has 0 aliphatic rings. The van der Waals surface area contributed by atoms with Crippen LogP contribution < -0.4 is 9.47 Å². The van der Waals surface area contributed by atoms with E-state index in [9.17, 15) is 19.8 Å². The maximum atomic E-state index is 10.6. The predicted octanol–water partition coefficient (Wildman–Crippen LogP) is 2.53. The number of halogens is 1. The topological polar surface area (TPSA) is 159 Å². The molecule has 0 spiro atoms. The average Bonchev–Trinajstić information content (AvgIpc) is 2.60. The molecule has 2 heterocycles. The van der Waals surface area contributed by atoms with Crippen molar-refractivity contribution in [3.8, 4) is 23.0 Å². The minimum absolute atomic E-state index is 0.103. The first kappa shape index (κ1) is 22.0. The van der Waals surface area contributed by atoms with Crippen molar-refractivity contribution in [2.24, 2.45) is 0 Å². The summed E-state index contributed by atoms with van der Waals surface area (Å²) in [6, 6.07) is 2.82. The monoisotopic (exact) mass is 444 g/mol. The molecule has 2 rings (SSSR count). The number of aromatic nitrogens is 2. The highest BCUT2D eigenvalue weighted by Crippen LogP contribution is 2.31. The fourth-order valence-electron chi connectivity index (χ4n) is 1.76. The zero-order valence-corrected chi connectivity index (χ0v) is 15.9. The lowest BCUT2D eigenvalue weighted by atomic mass is 10.3. The van der Waals surface area contributed by atoms with Crippen molar-refractivity contribution in [2.75, 3.05) is 13.2 Å². The third-order valence-electron chi connectivity index (χ3n) is 2.82. The number of nitrogens with zero attached hydrogens (tertiary/aromatic N) is 2. The summed E-state index contributed by atoms with van der Waals surface area (Å²) in [5, 5.41) is 36.0. The van der Waals surface area contributed by atoms with Crippen LogP contribution in [0.5, 0.6) is 23.0 Å². The molecule has 146 valence electrons. The van der Waals surface area contributed by atoms with E-state index in [2.05, 4.69) is 25.9 Å². The summed E-state index contributed by atoms with van der Waals surface area (Å²) in [7, 11) is 0. The van der Waals surface area contributed by atoms with Crippen molar-refractivity contribution in [1.82, 2.24) is 9.97 Å². The molecule has 11 heteroatoms. The van der Waals surface area contributed by atoms with Gasteiger partial charge in [-0.2, -0.15) is 0 Å². The Hall–Kier alpha value is -3.08. The number of carboxylic acid groups (broad SMARTS) is 2. The first-order chi connectivity index (χ1) is 12.7. The van der Waals surface area contributed by atoms with E-state index < -0.39 is 34.8 Å². The Labute approximate surface area is 162 Å². The Kier molecular flexibility index (Phi) is 8.27. The minimum Gasteiger partial charge on any atom is -0.503 e. The van der Waals surface area contributed by atoms with Crippen LogP contribution in [0.25, 0.3) is 0 Å². The Morgan fingerprint density at radius 1 is 1.00 bits per heavy atom. The number of carbonyl (C=O) groups is 2. The van der Waals surface area contributed by atoms with Gasteiger partial charge in [0, 0.05) is 18.3 Å². The zero-order chi connectivity index (χ0) is 20.6. The number of pyridine rings is 2. The van der Waals surface area contributed by atoms with Gasteiger partial charge in [-0.3, -0.25) is 0 Å². The lowest BCUT2D eigenvalue weighted by molar-refractivity contribution is 0.0674. The molecule has 0 aliphatic carbocycles. The van der Waals surface area contributed by atoms with E-state index in [1.54, 1.807) is 13.8 Å². The number of aromatic carboxylic acids is 2. The number of aromatic hydroxyl groups is 2. The van der Waals surface area contributed by atoms with E-state index in [-0.39, 0.29) is 11.5 Å². The zero-order valence-electron chi connectivity index (χ0n) is 14.3. The Balaban J connectivity index is 0.000000271. The second-order valence-corrected chi connectivity index (χ2v) is 5.44. The van der Waals surface area contributed by atoms with E-state index in [0.29, 0.717) is 17.8 Å². The summed E-state index contributed by atoms with van der Waals surface area (Å²) in [6.07, 6.45) is 1.27. The molecule has 0 amide bonds. The van der Waals surface area contributed by atoms with Crippen LogP contribution in [0, 0.1) is 0 Å². The third-order valence-corrected chi connectivity index (χ3v) is 3.22. The third kappa shape index (κ3) is 5.99. The second kappa shape index (κ2) is 10.2. The van der Waals surface area contributed by atoms with Crippen molar-refractivity contribution in [1.29, 1.82) is 0 Å². The van der Waals surface area contributed by atoms with Gasteiger partial charge in [-0.25, -0.2) is 19.6 Å². The molecule has 4 N–H and O–H groups in total. The van der Waals surface area contributed by atoms with E-state index in [1.165, 1.54) is 18.3 Å². The number of ether oxygens (including phenoxy) is 2. The smallest absolute Gasteiger partial charge is 0.358 e. The quantitative estimate of drug-likeness (QED) is 0.487. The molecule has 0 bridgehead atoms. The van der Waals surface area contributed by atoms with Gasteiger partial charge < -0.3 is 29.9 Å². The van der Waals surface area contributed by atoms with Crippen LogP contribution in [0.1, 0.15) is 34.8 Å². The molecule has 0 radical (unpaired) electrons. The van der Waals surface area contributed by atoms with Crippen LogP contribution in [0.2, 0.25) is 0 Å². The Morgan fingerprint density at radius 3 is 2.04 bits per heavy atom. The fraction of sp³-hybridized carbons (Fsp3) is 0.250. The summed E-state index contributed by atoms with van der Waals surface area (Å²) in [5.74, 6) is -3.23. The molecule has 2 aromatic heterocycles. The molecule has 0 aliphatic heterocycles. The number of hydrogen-bond acceptors (Lipinski definition) is 8. The van der Waals surface area contributed by atoms with Crippen LogP contribution >= 0.6 is 15.9 Å². The molecular weight excluding hydrogens is 428 g/mol. The standard InChI is InChI=1S/C8H8BrNO4.C8H9NO4/c1-2-14-4-3-5(9)10-6(7(4)11)8(12)13;1-2-13-5-3-4-9-6(7(5)10)8(11)12/h3,11H,2H2,1H3,(H,12,13);3-4,10H,2H2,1H3,(H,11,12). The van der Waals surface area contributed by atoms with E-state index in [1.807, 2.05) is 0 Å². The highest BCUT2D eigenvalue weighted by atomic mass is 79.9.